The van der Waals surface area contributed by atoms with E-state index in [0.717, 1.165) is 21.2 Å². The second kappa shape index (κ2) is 18.5. The number of aromatic nitrogens is 3. The standard InChI is InChI=1S/C34H40Cl2N5O6PS/c1-5-45-33(42)24(4)40-48(44,47-28-10-7-6-8-11-28)17-9-14-38-34(43)46-22-30-39-31(23(2)3)32(41(30)21-25-12-15-37-16-13-25)49-29-19-26(35)18-27(36)20-29/h6-8,10-13,15-16,18-20,23-24H,5,9,14,17,21-22H2,1-4H3,(H,38,43)(H,40,44)/t24-,48?/m0/s1. The van der Waals surface area contributed by atoms with E-state index in [1.165, 1.54) is 11.8 Å². The van der Waals surface area contributed by atoms with Gasteiger partial charge in [0.2, 0.25) is 0 Å². The van der Waals surface area contributed by atoms with Crippen molar-refractivity contribution in [2.45, 2.75) is 69.1 Å². The van der Waals surface area contributed by atoms with Crippen LogP contribution in [0.4, 0.5) is 4.79 Å². The Hall–Kier alpha value is -3.54. The van der Waals surface area contributed by atoms with Gasteiger partial charge in [0.1, 0.15) is 22.6 Å². The van der Waals surface area contributed by atoms with E-state index in [9.17, 15) is 14.2 Å². The molecule has 262 valence electrons. The van der Waals surface area contributed by atoms with Crippen molar-refractivity contribution in [2.24, 2.45) is 0 Å². The van der Waals surface area contributed by atoms with Crippen LogP contribution in [0.3, 0.4) is 0 Å². The number of esters is 1. The van der Waals surface area contributed by atoms with Crippen molar-refractivity contribution in [3.05, 3.63) is 100 Å². The third-order valence-electron chi connectivity index (χ3n) is 6.97. The van der Waals surface area contributed by atoms with Crippen molar-refractivity contribution in [1.82, 2.24) is 24.9 Å². The van der Waals surface area contributed by atoms with Gasteiger partial charge in [-0.3, -0.25) is 14.3 Å². The first-order valence-electron chi connectivity index (χ1n) is 15.8. The topological polar surface area (TPSA) is 134 Å². The number of amides is 1. The fraction of sp³-hybridized carbons (Fsp3) is 0.353. The van der Waals surface area contributed by atoms with E-state index in [1.807, 2.05) is 48.7 Å². The van der Waals surface area contributed by atoms with Gasteiger partial charge >= 0.3 is 19.6 Å². The maximum atomic E-state index is 13.8. The highest BCUT2D eigenvalue weighted by Crippen LogP contribution is 2.44. The molecule has 4 rings (SSSR count). The lowest BCUT2D eigenvalue weighted by Gasteiger charge is -2.23. The van der Waals surface area contributed by atoms with Crippen LogP contribution in [-0.2, 0) is 32.0 Å². The highest BCUT2D eigenvalue weighted by Gasteiger charge is 2.30. The number of nitrogens with zero attached hydrogens (tertiary/aromatic N) is 3. The minimum Gasteiger partial charge on any atom is -0.465 e. The molecule has 1 amide bonds. The van der Waals surface area contributed by atoms with E-state index >= 15 is 0 Å². The largest absolute Gasteiger partial charge is 0.465 e. The molecule has 0 saturated carbocycles. The second-order valence-electron chi connectivity index (χ2n) is 11.3. The third kappa shape index (κ3) is 11.8. The lowest BCUT2D eigenvalue weighted by atomic mass is 10.1. The summed E-state index contributed by atoms with van der Waals surface area (Å²) < 4.78 is 32.3. The summed E-state index contributed by atoms with van der Waals surface area (Å²) in [6.07, 6.45) is 3.10. The molecule has 2 N–H and O–H groups in total. The van der Waals surface area contributed by atoms with Gasteiger partial charge < -0.3 is 23.9 Å². The summed E-state index contributed by atoms with van der Waals surface area (Å²) >= 11 is 14.1. The van der Waals surface area contributed by atoms with Crippen molar-refractivity contribution in [2.75, 3.05) is 19.3 Å². The van der Waals surface area contributed by atoms with Gasteiger partial charge in [-0.1, -0.05) is 67.0 Å². The Morgan fingerprint density at radius 2 is 1.69 bits per heavy atom. The molecular weight excluding hydrogens is 708 g/mol. The smallest absolute Gasteiger partial charge is 0.407 e. The predicted molar refractivity (Wildman–Crippen MR) is 192 cm³/mol. The number of halogens is 2. The number of carbonyl (C=O) groups excluding carboxylic acids is 2. The number of hydrogen-bond acceptors (Lipinski definition) is 9. The molecule has 0 fully saturated rings. The molecule has 0 aliphatic carbocycles. The minimum atomic E-state index is -3.57. The average Bonchev–Trinajstić information content (AvgIpc) is 3.39. The number of imidazole rings is 1. The Balaban J connectivity index is 1.44. The summed E-state index contributed by atoms with van der Waals surface area (Å²) in [6, 6.07) is 17.0. The number of alkyl carbamates (subject to hydrolysis) is 1. The second-order valence-corrected chi connectivity index (χ2v) is 15.5. The van der Waals surface area contributed by atoms with E-state index in [4.69, 9.17) is 42.2 Å². The van der Waals surface area contributed by atoms with E-state index in [2.05, 4.69) is 15.4 Å². The zero-order valence-electron chi connectivity index (χ0n) is 27.7. The number of rotatable bonds is 17. The number of para-hydroxylation sites is 1. The summed E-state index contributed by atoms with van der Waals surface area (Å²) in [4.78, 5) is 34.9. The lowest BCUT2D eigenvalue weighted by Crippen LogP contribution is -2.35. The first-order valence-corrected chi connectivity index (χ1v) is 19.2. The van der Waals surface area contributed by atoms with Crippen LogP contribution in [-0.4, -0.2) is 52.0 Å². The Labute approximate surface area is 300 Å². The van der Waals surface area contributed by atoms with Crippen molar-refractivity contribution < 1.29 is 28.2 Å². The van der Waals surface area contributed by atoms with Crippen LogP contribution < -0.4 is 14.9 Å². The van der Waals surface area contributed by atoms with Gasteiger partial charge in [0.05, 0.1) is 25.0 Å². The molecule has 0 spiro atoms. The van der Waals surface area contributed by atoms with Crippen molar-refractivity contribution in [3.63, 3.8) is 0 Å². The predicted octanol–water partition coefficient (Wildman–Crippen LogP) is 8.34. The normalized spacial score (nSPS) is 13.0. The molecular formula is C34H40Cl2N5O6PS. The molecule has 11 nitrogen and oxygen atoms in total. The SMILES string of the molecule is CCOC(=O)[C@H](C)NP(=O)(CCCNC(=O)OCc1nc(C(C)C)c(Sc2cc(Cl)cc(Cl)c2)n1Cc1ccncc1)Oc1ccccc1. The number of pyridine rings is 1. The molecule has 0 saturated heterocycles. The fourth-order valence-electron chi connectivity index (χ4n) is 4.69. The molecule has 0 radical (unpaired) electrons. The highest BCUT2D eigenvalue weighted by molar-refractivity contribution is 7.99. The number of carbonyl (C=O) groups is 2. The van der Waals surface area contributed by atoms with E-state index in [1.54, 1.807) is 56.6 Å². The maximum absolute atomic E-state index is 13.8. The van der Waals surface area contributed by atoms with Crippen LogP contribution in [0.15, 0.2) is 83.0 Å². The van der Waals surface area contributed by atoms with Gasteiger partial charge in [0, 0.05) is 33.9 Å². The summed E-state index contributed by atoms with van der Waals surface area (Å²) in [7, 11) is -3.57. The highest BCUT2D eigenvalue weighted by atomic mass is 35.5. The van der Waals surface area contributed by atoms with Gasteiger partial charge in [-0.2, -0.15) is 0 Å². The van der Waals surface area contributed by atoms with Crippen LogP contribution in [0.2, 0.25) is 10.0 Å². The van der Waals surface area contributed by atoms with Crippen LogP contribution in [0.1, 0.15) is 57.1 Å². The summed E-state index contributed by atoms with van der Waals surface area (Å²) in [5.41, 5.74) is 1.83. The average molecular weight is 749 g/mol. The molecule has 2 heterocycles. The van der Waals surface area contributed by atoms with Crippen LogP contribution in [0, 0.1) is 0 Å². The molecule has 2 aromatic heterocycles. The van der Waals surface area contributed by atoms with Crippen LogP contribution >= 0.6 is 42.5 Å². The van der Waals surface area contributed by atoms with Crippen LogP contribution in [0.25, 0.3) is 0 Å². The Morgan fingerprint density at radius 3 is 2.35 bits per heavy atom. The van der Waals surface area contributed by atoms with Gasteiger partial charge in [-0.05, 0) is 74.2 Å². The summed E-state index contributed by atoms with van der Waals surface area (Å²) in [5.74, 6) is 0.476. The molecule has 4 aromatic rings. The van der Waals surface area contributed by atoms with Gasteiger partial charge in [0.25, 0.3) is 0 Å². The third-order valence-corrected chi connectivity index (χ3v) is 10.7. The van der Waals surface area contributed by atoms with Crippen molar-refractivity contribution in [3.8, 4) is 5.75 Å². The number of hydrogen-bond donors (Lipinski definition) is 2. The Kier molecular flexibility index (Phi) is 14.4. The van der Waals surface area contributed by atoms with Gasteiger partial charge in [0.15, 0.2) is 6.61 Å². The molecule has 49 heavy (non-hydrogen) atoms. The first-order chi connectivity index (χ1) is 23.5. The first kappa shape index (κ1) is 38.3. The number of benzene rings is 2. The summed E-state index contributed by atoms with van der Waals surface area (Å²) in [6.45, 7) is 8.07. The molecule has 2 aromatic carbocycles. The zero-order chi connectivity index (χ0) is 35.4. The zero-order valence-corrected chi connectivity index (χ0v) is 31.0. The van der Waals surface area contributed by atoms with Gasteiger partial charge in [-0.25, -0.2) is 14.9 Å². The monoisotopic (exact) mass is 747 g/mol. The van der Waals surface area contributed by atoms with Crippen molar-refractivity contribution in [1.29, 1.82) is 0 Å². The molecule has 0 bridgehead atoms. The molecule has 1 unspecified atom stereocenters. The van der Waals surface area contributed by atoms with E-state index in [-0.39, 0.29) is 38.3 Å². The van der Waals surface area contributed by atoms with Crippen LogP contribution in [0.5, 0.6) is 5.75 Å². The van der Waals surface area contributed by atoms with Gasteiger partial charge in [-0.15, -0.1) is 0 Å². The minimum absolute atomic E-state index is 0.0358. The fourth-order valence-corrected chi connectivity index (χ4v) is 8.61. The van der Waals surface area contributed by atoms with E-state index < -0.39 is 25.6 Å². The molecule has 2 atom stereocenters. The lowest BCUT2D eigenvalue weighted by molar-refractivity contribution is -0.144. The van der Waals surface area contributed by atoms with Crippen molar-refractivity contribution >= 4 is 54.5 Å². The van der Waals surface area contributed by atoms with E-state index in [0.29, 0.717) is 28.2 Å². The maximum Gasteiger partial charge on any atom is 0.407 e. The molecule has 0 aliphatic heterocycles. The molecule has 0 aliphatic rings. The Morgan fingerprint density at radius 1 is 1.00 bits per heavy atom. The number of ether oxygens (including phenoxy) is 2. The molecule has 15 heteroatoms. The number of nitrogens with one attached hydrogen (secondary N) is 2. The quantitative estimate of drug-likeness (QED) is 0.0617. The Bertz CT molecular complexity index is 1730. The summed E-state index contributed by atoms with van der Waals surface area (Å²) in [5, 5.41) is 7.45.